The van der Waals surface area contributed by atoms with Crippen LogP contribution in [0.3, 0.4) is 0 Å². The SMILES string of the molecule is Cc1nc(-c2cccc(NC(=O)C3CCCN3C(=O)Cc3cccs3)c2)no1. The zero-order chi connectivity index (χ0) is 19.5. The molecule has 8 heteroatoms. The zero-order valence-corrected chi connectivity index (χ0v) is 16.2. The van der Waals surface area contributed by atoms with Gasteiger partial charge < -0.3 is 14.7 Å². The van der Waals surface area contributed by atoms with E-state index < -0.39 is 6.04 Å². The van der Waals surface area contributed by atoms with Crippen molar-refractivity contribution in [2.45, 2.75) is 32.2 Å². The van der Waals surface area contributed by atoms with Crippen molar-refractivity contribution in [2.24, 2.45) is 0 Å². The van der Waals surface area contributed by atoms with Crippen LogP contribution in [-0.4, -0.2) is 39.4 Å². The van der Waals surface area contributed by atoms with Crippen molar-refractivity contribution in [3.63, 3.8) is 0 Å². The van der Waals surface area contributed by atoms with Gasteiger partial charge in [0.1, 0.15) is 6.04 Å². The minimum Gasteiger partial charge on any atom is -0.339 e. The summed E-state index contributed by atoms with van der Waals surface area (Å²) in [4.78, 5) is 32.4. The molecule has 0 bridgehead atoms. The molecule has 1 N–H and O–H groups in total. The van der Waals surface area contributed by atoms with Gasteiger partial charge in [0.25, 0.3) is 0 Å². The lowest BCUT2D eigenvalue weighted by Gasteiger charge is -2.24. The maximum absolute atomic E-state index is 12.8. The van der Waals surface area contributed by atoms with E-state index in [0.29, 0.717) is 36.8 Å². The predicted molar refractivity (Wildman–Crippen MR) is 106 cm³/mol. The van der Waals surface area contributed by atoms with Gasteiger partial charge in [-0.25, -0.2) is 0 Å². The lowest BCUT2D eigenvalue weighted by Crippen LogP contribution is -2.43. The molecule has 144 valence electrons. The minimum atomic E-state index is -0.441. The number of hydrogen-bond acceptors (Lipinski definition) is 6. The second-order valence-corrected chi connectivity index (χ2v) is 7.74. The molecule has 4 rings (SSSR count). The number of aryl methyl sites for hydroxylation is 1. The first-order valence-electron chi connectivity index (χ1n) is 9.13. The standard InChI is InChI=1S/C20H20N4O3S/c1-13-21-19(23-27-13)14-5-2-6-15(11-14)22-20(26)17-8-3-9-24(17)18(25)12-16-7-4-10-28-16/h2,4-7,10-11,17H,3,8-9,12H2,1H3,(H,22,26). The summed E-state index contributed by atoms with van der Waals surface area (Å²) in [5.74, 6) is 0.784. The molecule has 3 heterocycles. The molecule has 0 spiro atoms. The summed E-state index contributed by atoms with van der Waals surface area (Å²) in [6, 6.07) is 10.7. The Morgan fingerprint density at radius 3 is 2.96 bits per heavy atom. The lowest BCUT2D eigenvalue weighted by atomic mass is 10.1. The van der Waals surface area contributed by atoms with Gasteiger partial charge in [0.05, 0.1) is 6.42 Å². The highest BCUT2D eigenvalue weighted by Crippen LogP contribution is 2.23. The number of aromatic nitrogens is 2. The molecule has 3 aromatic rings. The van der Waals surface area contributed by atoms with E-state index in [9.17, 15) is 9.59 Å². The highest BCUT2D eigenvalue weighted by Gasteiger charge is 2.34. The average molecular weight is 396 g/mol. The van der Waals surface area contributed by atoms with E-state index in [4.69, 9.17) is 4.52 Å². The molecule has 28 heavy (non-hydrogen) atoms. The van der Waals surface area contributed by atoms with E-state index in [1.54, 1.807) is 35.3 Å². The summed E-state index contributed by atoms with van der Waals surface area (Å²) in [6.45, 7) is 2.34. The highest BCUT2D eigenvalue weighted by molar-refractivity contribution is 7.10. The number of rotatable bonds is 5. The van der Waals surface area contributed by atoms with Crippen molar-refractivity contribution in [2.75, 3.05) is 11.9 Å². The highest BCUT2D eigenvalue weighted by atomic mass is 32.1. The van der Waals surface area contributed by atoms with Gasteiger partial charge in [0.2, 0.25) is 23.5 Å². The number of carbonyl (C=O) groups is 2. The van der Waals surface area contributed by atoms with Crippen LogP contribution in [0, 0.1) is 6.92 Å². The zero-order valence-electron chi connectivity index (χ0n) is 15.4. The number of hydrogen-bond donors (Lipinski definition) is 1. The number of nitrogens with one attached hydrogen (secondary N) is 1. The monoisotopic (exact) mass is 396 g/mol. The van der Waals surface area contributed by atoms with E-state index in [1.807, 2.05) is 29.6 Å². The molecule has 0 saturated carbocycles. The van der Waals surface area contributed by atoms with Gasteiger partial charge >= 0.3 is 0 Å². The molecule has 1 unspecified atom stereocenters. The van der Waals surface area contributed by atoms with Crippen LogP contribution < -0.4 is 5.32 Å². The van der Waals surface area contributed by atoms with Crippen LogP contribution in [0.15, 0.2) is 46.3 Å². The molecular weight excluding hydrogens is 376 g/mol. The molecule has 7 nitrogen and oxygen atoms in total. The van der Waals surface area contributed by atoms with Crippen LogP contribution in [0.25, 0.3) is 11.4 Å². The Kier molecular flexibility index (Phi) is 5.21. The van der Waals surface area contributed by atoms with Crippen molar-refractivity contribution in [1.29, 1.82) is 0 Å². The number of benzene rings is 1. The summed E-state index contributed by atoms with van der Waals surface area (Å²) in [5, 5.41) is 8.79. The smallest absolute Gasteiger partial charge is 0.247 e. The van der Waals surface area contributed by atoms with Crippen LogP contribution in [0.5, 0.6) is 0 Å². The van der Waals surface area contributed by atoms with E-state index in [1.165, 1.54) is 0 Å². The van der Waals surface area contributed by atoms with Gasteiger partial charge in [-0.2, -0.15) is 4.98 Å². The lowest BCUT2D eigenvalue weighted by molar-refractivity contribution is -0.136. The molecule has 2 aromatic heterocycles. The third-order valence-electron chi connectivity index (χ3n) is 4.70. The van der Waals surface area contributed by atoms with Crippen molar-refractivity contribution < 1.29 is 14.1 Å². The fourth-order valence-corrected chi connectivity index (χ4v) is 4.08. The average Bonchev–Trinajstić information content (AvgIpc) is 3.43. The molecule has 1 fully saturated rings. The molecule has 1 saturated heterocycles. The van der Waals surface area contributed by atoms with E-state index in [-0.39, 0.29) is 11.8 Å². The van der Waals surface area contributed by atoms with E-state index in [0.717, 1.165) is 16.9 Å². The Bertz CT molecular complexity index is 983. The first-order valence-corrected chi connectivity index (χ1v) is 10.0. The van der Waals surface area contributed by atoms with Gasteiger partial charge in [-0.05, 0) is 36.4 Å². The maximum Gasteiger partial charge on any atom is 0.247 e. The maximum atomic E-state index is 12.8. The quantitative estimate of drug-likeness (QED) is 0.715. The van der Waals surface area contributed by atoms with Crippen LogP contribution >= 0.6 is 11.3 Å². The number of amides is 2. The minimum absolute atomic E-state index is 0.00359. The molecule has 2 amide bonds. The Balaban J connectivity index is 1.44. The molecule has 1 aliphatic heterocycles. The van der Waals surface area contributed by atoms with Crippen LogP contribution in [0.4, 0.5) is 5.69 Å². The topological polar surface area (TPSA) is 88.3 Å². The number of anilines is 1. The molecular formula is C20H20N4O3S. The van der Waals surface area contributed by atoms with Gasteiger partial charge in [-0.1, -0.05) is 23.4 Å². The Hall–Kier alpha value is -3.00. The number of nitrogens with zero attached hydrogens (tertiary/aromatic N) is 3. The van der Waals surface area contributed by atoms with E-state index in [2.05, 4.69) is 15.5 Å². The Morgan fingerprint density at radius 2 is 2.21 bits per heavy atom. The van der Waals surface area contributed by atoms with Crippen molar-refractivity contribution in [3.8, 4) is 11.4 Å². The fourth-order valence-electron chi connectivity index (χ4n) is 3.38. The molecule has 0 radical (unpaired) electrons. The molecule has 0 aliphatic carbocycles. The third-order valence-corrected chi connectivity index (χ3v) is 5.57. The summed E-state index contributed by atoms with van der Waals surface area (Å²) in [5.41, 5.74) is 1.40. The van der Waals surface area contributed by atoms with Crippen LogP contribution in [-0.2, 0) is 16.0 Å². The van der Waals surface area contributed by atoms with Gasteiger partial charge in [-0.3, -0.25) is 9.59 Å². The normalized spacial score (nSPS) is 16.3. The van der Waals surface area contributed by atoms with Crippen molar-refractivity contribution in [1.82, 2.24) is 15.0 Å². The predicted octanol–water partition coefficient (Wildman–Crippen LogP) is 3.28. The van der Waals surface area contributed by atoms with Gasteiger partial charge in [0, 0.05) is 29.6 Å². The van der Waals surface area contributed by atoms with E-state index >= 15 is 0 Å². The van der Waals surface area contributed by atoms with Crippen molar-refractivity contribution >= 4 is 28.8 Å². The number of thiophene rings is 1. The van der Waals surface area contributed by atoms with Gasteiger partial charge in [0.15, 0.2) is 0 Å². The van der Waals surface area contributed by atoms with Crippen LogP contribution in [0.2, 0.25) is 0 Å². The molecule has 1 aromatic carbocycles. The van der Waals surface area contributed by atoms with Crippen LogP contribution in [0.1, 0.15) is 23.6 Å². The number of carbonyl (C=O) groups excluding carboxylic acids is 2. The fraction of sp³-hybridized carbons (Fsp3) is 0.300. The first kappa shape index (κ1) is 18.4. The van der Waals surface area contributed by atoms with Gasteiger partial charge in [-0.15, -0.1) is 11.3 Å². The third kappa shape index (κ3) is 3.96. The number of likely N-dealkylation sites (tertiary alicyclic amines) is 1. The second-order valence-electron chi connectivity index (χ2n) is 6.71. The second kappa shape index (κ2) is 7.93. The largest absolute Gasteiger partial charge is 0.339 e. The first-order chi connectivity index (χ1) is 13.6. The molecule has 1 atom stereocenters. The van der Waals surface area contributed by atoms with Crippen molar-refractivity contribution in [3.05, 3.63) is 52.5 Å². The Labute approximate surface area is 166 Å². The molecule has 1 aliphatic rings. The Morgan fingerprint density at radius 1 is 1.32 bits per heavy atom. The summed E-state index contributed by atoms with van der Waals surface area (Å²) in [6.07, 6.45) is 1.84. The summed E-state index contributed by atoms with van der Waals surface area (Å²) < 4.78 is 5.01. The summed E-state index contributed by atoms with van der Waals surface area (Å²) in [7, 11) is 0. The summed E-state index contributed by atoms with van der Waals surface area (Å²) >= 11 is 1.56.